The lowest BCUT2D eigenvalue weighted by Gasteiger charge is -2.04. The Labute approximate surface area is 257 Å². The van der Waals surface area contributed by atoms with Crippen molar-refractivity contribution in [1.29, 1.82) is 0 Å². The van der Waals surface area contributed by atoms with Crippen LogP contribution in [0.4, 0.5) is 17.1 Å². The maximum atomic E-state index is 10.8. The average molecular weight is 632 g/mol. The number of hydrogen-bond acceptors (Lipinski definition) is 13. The number of ether oxygens (including phenoxy) is 5. The first-order chi connectivity index (χ1) is 21.4. The minimum Gasteiger partial charge on any atom is -0.493 e. The van der Waals surface area contributed by atoms with E-state index in [2.05, 4.69) is 9.47 Å². The first-order valence-corrected chi connectivity index (χ1v) is 13.0. The number of carbonyl (C=O) groups is 3. The summed E-state index contributed by atoms with van der Waals surface area (Å²) < 4.78 is 24.4. The van der Waals surface area contributed by atoms with E-state index >= 15 is 0 Å². The number of nitro groups is 2. The van der Waals surface area contributed by atoms with Gasteiger partial charge < -0.3 is 34.5 Å². The first-order valence-electron chi connectivity index (χ1n) is 13.0. The van der Waals surface area contributed by atoms with Crippen LogP contribution in [0.2, 0.25) is 0 Å². The summed E-state index contributed by atoms with van der Waals surface area (Å²) in [4.78, 5) is 51.3. The molecule has 0 fully saturated rings. The predicted octanol–water partition coefficient (Wildman–Crippen LogP) is 4.20. The van der Waals surface area contributed by atoms with E-state index in [1.165, 1.54) is 62.8 Å². The van der Waals surface area contributed by atoms with E-state index in [0.717, 1.165) is 0 Å². The van der Waals surface area contributed by atoms with E-state index in [0.29, 0.717) is 29.5 Å². The summed E-state index contributed by atoms with van der Waals surface area (Å²) >= 11 is 0. The van der Waals surface area contributed by atoms with Crippen LogP contribution in [-0.2, 0) is 23.9 Å². The molecule has 0 atom stereocenters. The van der Waals surface area contributed by atoms with Crippen molar-refractivity contribution < 1.29 is 53.0 Å². The van der Waals surface area contributed by atoms with Gasteiger partial charge in [0.2, 0.25) is 0 Å². The number of hydrogen-bond donors (Lipinski definition) is 2. The van der Waals surface area contributed by atoms with Crippen molar-refractivity contribution in [3.63, 3.8) is 0 Å². The van der Waals surface area contributed by atoms with Crippen LogP contribution < -0.4 is 19.9 Å². The number of aliphatic carboxylic acids is 1. The lowest BCUT2D eigenvalue weighted by atomic mass is 10.3. The van der Waals surface area contributed by atoms with Gasteiger partial charge in [-0.15, -0.1) is 0 Å². The molecule has 0 aliphatic carbocycles. The molecule has 0 aromatic heterocycles. The fraction of sp³-hybridized carbons (Fsp3) is 0.276. The van der Waals surface area contributed by atoms with E-state index in [9.17, 15) is 34.6 Å². The van der Waals surface area contributed by atoms with Gasteiger partial charge >= 0.3 is 17.9 Å². The molecule has 3 aromatic rings. The summed E-state index contributed by atoms with van der Waals surface area (Å²) in [5.41, 5.74) is 6.15. The summed E-state index contributed by atoms with van der Waals surface area (Å²) in [5, 5.41) is 29.0. The quantitative estimate of drug-likeness (QED) is 0.110. The van der Waals surface area contributed by atoms with Gasteiger partial charge in [-0.05, 0) is 48.5 Å². The van der Waals surface area contributed by atoms with Gasteiger partial charge in [-0.25, -0.2) is 0 Å². The maximum absolute atomic E-state index is 10.8. The van der Waals surface area contributed by atoms with E-state index in [4.69, 9.17) is 25.1 Å². The van der Waals surface area contributed by atoms with Crippen molar-refractivity contribution in [2.75, 3.05) is 39.8 Å². The largest absolute Gasteiger partial charge is 0.493 e. The number of rotatable bonds is 14. The van der Waals surface area contributed by atoms with Gasteiger partial charge in [0.25, 0.3) is 11.4 Å². The molecule has 0 saturated heterocycles. The number of anilines is 1. The van der Waals surface area contributed by atoms with E-state index in [1.807, 2.05) is 0 Å². The van der Waals surface area contributed by atoms with Crippen molar-refractivity contribution in [3.05, 3.63) is 93.0 Å². The molecule has 0 spiro atoms. The number of methoxy groups -OCH3 is 2. The highest BCUT2D eigenvalue weighted by Crippen LogP contribution is 2.18. The Hall–Kier alpha value is -5.93. The molecule has 16 heteroatoms. The number of carboxylic acids is 1. The Bertz CT molecular complexity index is 1360. The first kappa shape index (κ1) is 37.1. The molecule has 0 aliphatic heterocycles. The number of benzene rings is 3. The fourth-order valence-corrected chi connectivity index (χ4v) is 2.86. The van der Waals surface area contributed by atoms with Crippen LogP contribution >= 0.6 is 0 Å². The minimum absolute atomic E-state index is 0.000294. The molecule has 242 valence electrons. The molecular weight excluding hydrogens is 598 g/mol. The van der Waals surface area contributed by atoms with E-state index < -0.39 is 15.8 Å². The smallest absolute Gasteiger partial charge is 0.308 e. The van der Waals surface area contributed by atoms with Crippen molar-refractivity contribution in [1.82, 2.24) is 0 Å². The molecule has 0 amide bonds. The third kappa shape index (κ3) is 16.9. The van der Waals surface area contributed by atoms with E-state index in [-0.39, 0.29) is 55.8 Å². The Kier molecular flexibility index (Phi) is 17.2. The van der Waals surface area contributed by atoms with Crippen LogP contribution in [0.25, 0.3) is 0 Å². The third-order valence-electron chi connectivity index (χ3n) is 5.17. The van der Waals surface area contributed by atoms with Crippen LogP contribution in [0, 0.1) is 20.2 Å². The Morgan fingerprint density at radius 3 is 1.22 bits per heavy atom. The van der Waals surface area contributed by atoms with Crippen LogP contribution in [0.3, 0.4) is 0 Å². The van der Waals surface area contributed by atoms with Gasteiger partial charge in [0.05, 0.1) is 63.1 Å². The Morgan fingerprint density at radius 1 is 0.622 bits per heavy atom. The number of nitrogen functional groups attached to an aromatic ring is 1. The number of esters is 2. The Balaban J connectivity index is 0.000000338. The van der Waals surface area contributed by atoms with Gasteiger partial charge in [-0.1, -0.05) is 0 Å². The van der Waals surface area contributed by atoms with Crippen molar-refractivity contribution in [2.24, 2.45) is 0 Å². The van der Waals surface area contributed by atoms with Gasteiger partial charge in [0.15, 0.2) is 0 Å². The van der Waals surface area contributed by atoms with Gasteiger partial charge in [0, 0.05) is 30.0 Å². The summed E-state index contributed by atoms with van der Waals surface area (Å²) in [5.74, 6) is 0.0127. The van der Waals surface area contributed by atoms with E-state index in [1.54, 1.807) is 24.3 Å². The molecule has 3 aromatic carbocycles. The van der Waals surface area contributed by atoms with Crippen molar-refractivity contribution >= 4 is 35.0 Å². The molecule has 0 radical (unpaired) electrons. The monoisotopic (exact) mass is 631 g/mol. The molecular formula is C29H33N3O13. The molecule has 0 aliphatic rings. The van der Waals surface area contributed by atoms with Crippen molar-refractivity contribution in [3.8, 4) is 17.2 Å². The van der Waals surface area contributed by atoms with Gasteiger partial charge in [0.1, 0.15) is 17.2 Å². The van der Waals surface area contributed by atoms with Crippen LogP contribution in [-0.4, -0.2) is 66.9 Å². The zero-order chi connectivity index (χ0) is 33.6. The average Bonchev–Trinajstić information content (AvgIpc) is 3.02. The highest BCUT2D eigenvalue weighted by atomic mass is 16.6. The second-order valence-corrected chi connectivity index (χ2v) is 8.41. The maximum Gasteiger partial charge on any atom is 0.308 e. The third-order valence-corrected chi connectivity index (χ3v) is 5.17. The molecule has 0 bridgehead atoms. The number of non-ortho nitro benzene ring substituents is 2. The number of nitrogens with zero attached hydrogens (tertiary/aromatic N) is 2. The standard InChI is InChI=1S/C10H11NO5.C10H13NO3.C9H9NO5/c1-15-10(12)6-7-16-9-4-2-8(3-5-9)11(13)14;1-13-10(12)6-7-14-9-4-2-8(11)3-5-9;11-9(12)5-6-15-8-3-1-7(2-4-8)10(13)14/h2-5H,6-7H2,1H3;2-5H,6-7,11H2,1H3;1-4H,5-6H2,(H,11,12). The number of nitro benzene ring substituents is 2. The summed E-state index contributed by atoms with van der Waals surface area (Å²) in [6.45, 7) is 0.550. The zero-order valence-corrected chi connectivity index (χ0v) is 24.5. The molecule has 45 heavy (non-hydrogen) atoms. The molecule has 0 unspecified atom stereocenters. The van der Waals surface area contributed by atoms with Gasteiger partial charge in [-0.2, -0.15) is 0 Å². The second kappa shape index (κ2) is 20.9. The normalized spacial score (nSPS) is 9.56. The predicted molar refractivity (Wildman–Crippen MR) is 159 cm³/mol. The minimum atomic E-state index is -0.947. The van der Waals surface area contributed by atoms with Crippen LogP contribution in [0.5, 0.6) is 17.2 Å². The Morgan fingerprint density at radius 2 is 0.933 bits per heavy atom. The summed E-state index contributed by atoms with van der Waals surface area (Å²) in [7, 11) is 2.65. The molecule has 3 N–H and O–H groups in total. The summed E-state index contributed by atoms with van der Waals surface area (Å²) in [6, 6.07) is 18.1. The van der Waals surface area contributed by atoms with Crippen LogP contribution in [0.15, 0.2) is 72.8 Å². The van der Waals surface area contributed by atoms with Crippen molar-refractivity contribution in [2.45, 2.75) is 19.3 Å². The molecule has 3 rings (SSSR count). The number of carboxylic acid groups (broad SMARTS) is 1. The number of carbonyl (C=O) groups excluding carboxylic acids is 2. The lowest BCUT2D eigenvalue weighted by molar-refractivity contribution is -0.385. The number of nitrogens with two attached hydrogens (primary N) is 1. The molecule has 0 heterocycles. The SMILES string of the molecule is COC(=O)CCOc1ccc(N)cc1.COC(=O)CCOc1ccc([N+](=O)[O-])cc1.O=C(O)CCOc1ccc([N+](=O)[O-])cc1. The molecule has 0 saturated carbocycles. The highest BCUT2D eigenvalue weighted by molar-refractivity contribution is 5.69. The van der Waals surface area contributed by atoms with Gasteiger partial charge in [-0.3, -0.25) is 34.6 Å². The topological polar surface area (TPSA) is 230 Å². The second-order valence-electron chi connectivity index (χ2n) is 8.41. The molecule has 16 nitrogen and oxygen atoms in total. The summed E-state index contributed by atoms with van der Waals surface area (Å²) in [6.07, 6.45) is 0.297. The van der Waals surface area contributed by atoms with Crippen LogP contribution in [0.1, 0.15) is 19.3 Å². The lowest BCUT2D eigenvalue weighted by Crippen LogP contribution is -2.07. The fourth-order valence-electron chi connectivity index (χ4n) is 2.86. The zero-order valence-electron chi connectivity index (χ0n) is 24.5. The highest BCUT2D eigenvalue weighted by Gasteiger charge is 2.06.